The highest BCUT2D eigenvalue weighted by atomic mass is 32.2. The van der Waals surface area contributed by atoms with Crippen LogP contribution < -0.4 is 10.5 Å². The zero-order chi connectivity index (χ0) is 19.4. The molecular formula is C18H25N5O3S. The predicted octanol–water partition coefficient (Wildman–Crippen LogP) is 0.656. The van der Waals surface area contributed by atoms with Gasteiger partial charge in [0.05, 0.1) is 12.2 Å². The van der Waals surface area contributed by atoms with E-state index >= 15 is 0 Å². The molecule has 0 radical (unpaired) electrons. The van der Waals surface area contributed by atoms with Gasteiger partial charge in [-0.25, -0.2) is 13.6 Å². The molecule has 1 atom stereocenters. The summed E-state index contributed by atoms with van der Waals surface area (Å²) < 4.78 is 24.1. The summed E-state index contributed by atoms with van der Waals surface area (Å²) in [5, 5.41) is 12.4. The van der Waals surface area contributed by atoms with Crippen LogP contribution in [0.5, 0.6) is 0 Å². The van der Waals surface area contributed by atoms with Gasteiger partial charge in [-0.3, -0.25) is 9.48 Å². The summed E-state index contributed by atoms with van der Waals surface area (Å²) in [6, 6.07) is 8.37. The quantitative estimate of drug-likeness (QED) is 0.751. The predicted molar refractivity (Wildman–Crippen MR) is 101 cm³/mol. The number of carbonyl (C=O) groups excluding carboxylic acids is 1. The maximum Gasteiger partial charge on any atom is 0.241 e. The van der Waals surface area contributed by atoms with Crippen molar-refractivity contribution in [3.05, 3.63) is 47.8 Å². The van der Waals surface area contributed by atoms with E-state index in [-0.39, 0.29) is 23.3 Å². The standard InChI is InChI=1S/C18H25N5O3S/c1-2-14-3-5-15(6-4-14)17-12-20-8-10-23(17)18(24)7-9-22-13-16(11-21-22)27(19,25)26/h3-6,11,13,17,20H,2,7-10,12H2,1H3,(H2,19,25,26). The Morgan fingerprint density at radius 3 is 2.70 bits per heavy atom. The lowest BCUT2D eigenvalue weighted by Gasteiger charge is -2.36. The van der Waals surface area contributed by atoms with Crippen LogP contribution in [0.15, 0.2) is 41.6 Å². The number of sulfonamides is 1. The second kappa shape index (κ2) is 8.20. The van der Waals surface area contributed by atoms with Crippen LogP contribution in [0.25, 0.3) is 0 Å². The van der Waals surface area contributed by atoms with E-state index in [0.29, 0.717) is 19.6 Å². The summed E-state index contributed by atoms with van der Waals surface area (Å²) in [5.41, 5.74) is 2.38. The van der Waals surface area contributed by atoms with Crippen molar-refractivity contribution in [3.8, 4) is 0 Å². The number of hydrogen-bond acceptors (Lipinski definition) is 5. The minimum atomic E-state index is -3.78. The number of amides is 1. The number of nitrogens with two attached hydrogens (primary N) is 1. The van der Waals surface area contributed by atoms with Gasteiger partial charge in [0.25, 0.3) is 0 Å². The fourth-order valence-corrected chi connectivity index (χ4v) is 3.71. The summed E-state index contributed by atoms with van der Waals surface area (Å²) in [6.07, 6.45) is 3.77. The highest BCUT2D eigenvalue weighted by Crippen LogP contribution is 2.23. The first kappa shape index (κ1) is 19.5. The molecule has 0 saturated carbocycles. The third kappa shape index (κ3) is 4.74. The van der Waals surface area contributed by atoms with Crippen molar-refractivity contribution in [2.75, 3.05) is 19.6 Å². The molecule has 2 heterocycles. The maximum absolute atomic E-state index is 12.8. The number of nitrogens with zero attached hydrogens (tertiary/aromatic N) is 3. The van der Waals surface area contributed by atoms with E-state index in [1.807, 2.05) is 4.90 Å². The minimum Gasteiger partial charge on any atom is -0.333 e. The fourth-order valence-electron chi connectivity index (χ4n) is 3.24. The van der Waals surface area contributed by atoms with Crippen LogP contribution in [0.1, 0.15) is 30.5 Å². The van der Waals surface area contributed by atoms with Gasteiger partial charge in [-0.1, -0.05) is 31.2 Å². The Morgan fingerprint density at radius 1 is 1.33 bits per heavy atom. The third-order valence-corrected chi connectivity index (χ3v) is 5.70. The lowest BCUT2D eigenvalue weighted by molar-refractivity contribution is -0.134. The summed E-state index contributed by atoms with van der Waals surface area (Å²) >= 11 is 0. The molecule has 27 heavy (non-hydrogen) atoms. The van der Waals surface area contributed by atoms with Crippen LogP contribution in [-0.4, -0.2) is 48.6 Å². The van der Waals surface area contributed by atoms with Gasteiger partial charge >= 0.3 is 0 Å². The van der Waals surface area contributed by atoms with Crippen LogP contribution in [0.2, 0.25) is 0 Å². The summed E-state index contributed by atoms with van der Waals surface area (Å²) in [7, 11) is -3.78. The number of piperazine rings is 1. The molecule has 0 aliphatic carbocycles. The van der Waals surface area contributed by atoms with Crippen molar-refractivity contribution < 1.29 is 13.2 Å². The molecular weight excluding hydrogens is 366 g/mol. The molecule has 2 aromatic rings. The zero-order valence-electron chi connectivity index (χ0n) is 15.3. The molecule has 1 fully saturated rings. The average molecular weight is 391 g/mol. The van der Waals surface area contributed by atoms with Crippen molar-refractivity contribution in [3.63, 3.8) is 0 Å². The van der Waals surface area contributed by atoms with Gasteiger partial charge in [0.15, 0.2) is 0 Å². The number of hydrogen-bond donors (Lipinski definition) is 2. The van der Waals surface area contributed by atoms with E-state index < -0.39 is 10.0 Å². The number of aryl methyl sites for hydroxylation is 2. The zero-order valence-corrected chi connectivity index (χ0v) is 16.2. The van der Waals surface area contributed by atoms with E-state index in [9.17, 15) is 13.2 Å². The highest BCUT2D eigenvalue weighted by Gasteiger charge is 2.27. The molecule has 0 bridgehead atoms. The number of benzene rings is 1. The Morgan fingerprint density at radius 2 is 2.07 bits per heavy atom. The summed E-state index contributed by atoms with van der Waals surface area (Å²) in [5.74, 6) is 0.0220. The Balaban J connectivity index is 1.67. The van der Waals surface area contributed by atoms with Crippen molar-refractivity contribution in [1.82, 2.24) is 20.0 Å². The first-order chi connectivity index (χ1) is 12.9. The van der Waals surface area contributed by atoms with Crippen LogP contribution >= 0.6 is 0 Å². The molecule has 1 saturated heterocycles. The second-order valence-corrected chi connectivity index (χ2v) is 8.20. The number of nitrogens with one attached hydrogen (secondary N) is 1. The largest absolute Gasteiger partial charge is 0.333 e. The first-order valence-corrected chi connectivity index (χ1v) is 10.6. The molecule has 3 rings (SSSR count). The molecule has 1 aromatic carbocycles. The smallest absolute Gasteiger partial charge is 0.241 e. The van der Waals surface area contributed by atoms with Gasteiger partial charge in [0.1, 0.15) is 4.90 Å². The Kier molecular flexibility index (Phi) is 5.93. The van der Waals surface area contributed by atoms with Crippen LogP contribution in [0.4, 0.5) is 0 Å². The van der Waals surface area contributed by atoms with Crippen molar-refractivity contribution in [2.24, 2.45) is 5.14 Å². The Hall–Kier alpha value is -2.23. The van der Waals surface area contributed by atoms with Crippen LogP contribution in [0.3, 0.4) is 0 Å². The Bertz CT molecular complexity index is 892. The highest BCUT2D eigenvalue weighted by molar-refractivity contribution is 7.89. The fraction of sp³-hybridized carbons (Fsp3) is 0.444. The number of carbonyl (C=O) groups is 1. The number of primary sulfonamides is 1. The lowest BCUT2D eigenvalue weighted by atomic mass is 10.0. The lowest BCUT2D eigenvalue weighted by Crippen LogP contribution is -2.48. The van der Waals surface area contributed by atoms with Gasteiger partial charge < -0.3 is 10.2 Å². The van der Waals surface area contributed by atoms with Crippen molar-refractivity contribution >= 4 is 15.9 Å². The van der Waals surface area contributed by atoms with E-state index in [0.717, 1.165) is 18.5 Å². The van der Waals surface area contributed by atoms with Crippen molar-refractivity contribution in [1.29, 1.82) is 0 Å². The first-order valence-electron chi connectivity index (χ1n) is 9.02. The number of rotatable bonds is 6. The molecule has 0 spiro atoms. The minimum absolute atomic E-state index is 0.00485. The van der Waals surface area contributed by atoms with Crippen molar-refractivity contribution in [2.45, 2.75) is 37.2 Å². The van der Waals surface area contributed by atoms with E-state index in [1.165, 1.54) is 22.6 Å². The number of aromatic nitrogens is 2. The average Bonchev–Trinajstić information content (AvgIpc) is 3.16. The van der Waals surface area contributed by atoms with Gasteiger partial charge in [-0.15, -0.1) is 0 Å². The van der Waals surface area contributed by atoms with E-state index in [2.05, 4.69) is 41.6 Å². The molecule has 1 aliphatic heterocycles. The molecule has 1 aliphatic rings. The van der Waals surface area contributed by atoms with Gasteiger partial charge in [-0.2, -0.15) is 5.10 Å². The molecule has 1 amide bonds. The third-order valence-electron chi connectivity index (χ3n) is 4.83. The summed E-state index contributed by atoms with van der Waals surface area (Å²) in [6.45, 7) is 4.53. The normalized spacial score (nSPS) is 17.9. The topological polar surface area (TPSA) is 110 Å². The molecule has 3 N–H and O–H groups in total. The second-order valence-electron chi connectivity index (χ2n) is 6.64. The van der Waals surface area contributed by atoms with E-state index in [1.54, 1.807) is 0 Å². The molecule has 9 heteroatoms. The Labute approximate surface area is 159 Å². The van der Waals surface area contributed by atoms with E-state index in [4.69, 9.17) is 5.14 Å². The molecule has 1 aromatic heterocycles. The molecule has 8 nitrogen and oxygen atoms in total. The maximum atomic E-state index is 12.8. The molecule has 146 valence electrons. The van der Waals surface area contributed by atoms with Gasteiger partial charge in [0, 0.05) is 38.8 Å². The van der Waals surface area contributed by atoms with Gasteiger partial charge in [0.2, 0.25) is 15.9 Å². The summed E-state index contributed by atoms with van der Waals surface area (Å²) in [4.78, 5) is 14.6. The SMILES string of the molecule is CCc1ccc(C2CNCCN2C(=O)CCn2cc(S(N)(=O)=O)cn2)cc1. The monoisotopic (exact) mass is 391 g/mol. The van der Waals surface area contributed by atoms with Crippen LogP contribution in [0, 0.1) is 0 Å². The van der Waals surface area contributed by atoms with Gasteiger partial charge in [-0.05, 0) is 17.5 Å². The molecule has 1 unspecified atom stereocenters. The van der Waals surface area contributed by atoms with Crippen LogP contribution in [-0.2, 0) is 27.8 Å².